The van der Waals surface area contributed by atoms with Gasteiger partial charge in [-0.3, -0.25) is 0 Å². The lowest BCUT2D eigenvalue weighted by molar-refractivity contribution is 0.335. The number of fused-ring (bicyclic) bond motifs is 1. The molecule has 0 aliphatic rings. The number of hydrogen-bond acceptors (Lipinski definition) is 3. The smallest absolute Gasteiger partial charge is 0.202 e. The number of pyridine rings is 1. The summed E-state index contributed by atoms with van der Waals surface area (Å²) in [5.74, 6) is 0.899. The van der Waals surface area contributed by atoms with Crippen LogP contribution in [0, 0.1) is 0 Å². The van der Waals surface area contributed by atoms with E-state index in [1.807, 2.05) is 12.1 Å². The van der Waals surface area contributed by atoms with Gasteiger partial charge in [0.1, 0.15) is 0 Å². The highest BCUT2D eigenvalue weighted by molar-refractivity contribution is 5.77. The first-order valence-corrected chi connectivity index (χ1v) is 4.30. The molecule has 0 spiro atoms. The molecule has 13 heavy (non-hydrogen) atoms. The van der Waals surface area contributed by atoms with E-state index in [9.17, 15) is 0 Å². The van der Waals surface area contributed by atoms with Gasteiger partial charge >= 0.3 is 0 Å². The largest absolute Gasteiger partial charge is 0.358 e. The van der Waals surface area contributed by atoms with E-state index in [2.05, 4.69) is 30.9 Å². The van der Waals surface area contributed by atoms with Crippen LogP contribution in [0.1, 0.15) is 26.5 Å². The van der Waals surface area contributed by atoms with Crippen molar-refractivity contribution < 1.29 is 4.52 Å². The van der Waals surface area contributed by atoms with Crippen LogP contribution in [0.25, 0.3) is 11.0 Å². The molecule has 2 heterocycles. The average Bonchev–Trinajstić information content (AvgIpc) is 2.45. The molecule has 0 aliphatic heterocycles. The summed E-state index contributed by atoms with van der Waals surface area (Å²) in [6.45, 7) is 6.29. The van der Waals surface area contributed by atoms with E-state index < -0.39 is 0 Å². The molecule has 2 aromatic rings. The summed E-state index contributed by atoms with van der Waals surface area (Å²) in [4.78, 5) is 4.11. The lowest BCUT2D eigenvalue weighted by atomic mass is 9.91. The quantitative estimate of drug-likeness (QED) is 0.619. The van der Waals surface area contributed by atoms with Crippen LogP contribution in [0.5, 0.6) is 0 Å². The van der Waals surface area contributed by atoms with Crippen LogP contribution in [0.3, 0.4) is 0 Å². The maximum Gasteiger partial charge on any atom is 0.202 e. The molecule has 3 nitrogen and oxygen atoms in total. The molecule has 3 heteroatoms. The van der Waals surface area contributed by atoms with Gasteiger partial charge in [0, 0.05) is 11.6 Å². The van der Waals surface area contributed by atoms with Gasteiger partial charge < -0.3 is 4.52 Å². The van der Waals surface area contributed by atoms with Crippen LogP contribution in [0.4, 0.5) is 0 Å². The molecule has 0 amide bonds. The highest BCUT2D eigenvalue weighted by atomic mass is 16.5. The van der Waals surface area contributed by atoms with Crippen molar-refractivity contribution in [2.45, 2.75) is 26.2 Å². The predicted molar refractivity (Wildman–Crippen MR) is 50.5 cm³/mol. The fraction of sp³-hybridized carbons (Fsp3) is 0.400. The molecule has 0 radical (unpaired) electrons. The van der Waals surface area contributed by atoms with Gasteiger partial charge in [-0.25, -0.2) is 4.98 Å². The number of aromatic nitrogens is 2. The zero-order valence-corrected chi connectivity index (χ0v) is 8.03. The molecule has 0 saturated heterocycles. The van der Waals surface area contributed by atoms with E-state index in [0.29, 0.717) is 5.65 Å². The van der Waals surface area contributed by atoms with E-state index in [0.717, 1.165) is 11.1 Å². The summed E-state index contributed by atoms with van der Waals surface area (Å²) >= 11 is 0. The summed E-state index contributed by atoms with van der Waals surface area (Å²) in [6.07, 6.45) is 1.72. The van der Waals surface area contributed by atoms with Gasteiger partial charge in [-0.15, -0.1) is 0 Å². The Labute approximate surface area is 76.8 Å². The SMILES string of the molecule is CC(C)(C)c1onc2ncccc12. The molecule has 0 bridgehead atoms. The van der Waals surface area contributed by atoms with Crippen LogP contribution >= 0.6 is 0 Å². The predicted octanol–water partition coefficient (Wildman–Crippen LogP) is 2.52. The lowest BCUT2D eigenvalue weighted by Gasteiger charge is -2.13. The molecule has 0 fully saturated rings. The zero-order chi connectivity index (χ0) is 9.47. The van der Waals surface area contributed by atoms with Gasteiger partial charge in [-0.1, -0.05) is 25.9 Å². The van der Waals surface area contributed by atoms with E-state index >= 15 is 0 Å². The van der Waals surface area contributed by atoms with Crippen molar-refractivity contribution >= 4 is 11.0 Å². The Balaban J connectivity index is 2.72. The molecule has 0 N–H and O–H groups in total. The van der Waals surface area contributed by atoms with Crippen LogP contribution in [-0.4, -0.2) is 10.1 Å². The van der Waals surface area contributed by atoms with E-state index in [4.69, 9.17) is 4.52 Å². The van der Waals surface area contributed by atoms with E-state index in [1.54, 1.807) is 6.20 Å². The van der Waals surface area contributed by atoms with Gasteiger partial charge in [-0.05, 0) is 12.1 Å². The normalized spacial score (nSPS) is 12.2. The van der Waals surface area contributed by atoms with Crippen LogP contribution in [0.2, 0.25) is 0 Å². The lowest BCUT2D eigenvalue weighted by Crippen LogP contribution is -2.09. The standard InChI is InChI=1S/C10H12N2O/c1-10(2,3)8-7-5-4-6-11-9(7)12-13-8/h4-6H,1-3H3. The minimum absolute atomic E-state index is 0.0161. The molecule has 0 saturated carbocycles. The molecule has 68 valence electrons. The maximum absolute atomic E-state index is 5.27. The summed E-state index contributed by atoms with van der Waals surface area (Å²) in [5.41, 5.74) is 0.671. The van der Waals surface area contributed by atoms with Crippen molar-refractivity contribution in [2.24, 2.45) is 0 Å². The van der Waals surface area contributed by atoms with Gasteiger partial charge in [0.15, 0.2) is 5.76 Å². The minimum Gasteiger partial charge on any atom is -0.358 e. The molecular formula is C10H12N2O. The monoisotopic (exact) mass is 176 g/mol. The first-order valence-electron chi connectivity index (χ1n) is 4.30. The Hall–Kier alpha value is -1.38. The molecule has 2 aromatic heterocycles. The molecule has 0 unspecified atom stereocenters. The number of rotatable bonds is 0. The van der Waals surface area contributed by atoms with E-state index in [1.165, 1.54) is 0 Å². The molecule has 2 rings (SSSR count). The van der Waals surface area contributed by atoms with E-state index in [-0.39, 0.29) is 5.41 Å². The van der Waals surface area contributed by atoms with Crippen molar-refractivity contribution in [3.05, 3.63) is 24.1 Å². The average molecular weight is 176 g/mol. The molecule has 0 atom stereocenters. The van der Waals surface area contributed by atoms with Crippen LogP contribution in [0.15, 0.2) is 22.9 Å². The van der Waals surface area contributed by atoms with Crippen molar-refractivity contribution in [3.63, 3.8) is 0 Å². The van der Waals surface area contributed by atoms with Crippen molar-refractivity contribution in [3.8, 4) is 0 Å². The van der Waals surface area contributed by atoms with Gasteiger partial charge in [-0.2, -0.15) is 0 Å². The van der Waals surface area contributed by atoms with Crippen LogP contribution in [-0.2, 0) is 5.41 Å². The third-order valence-corrected chi connectivity index (χ3v) is 1.94. The Morgan fingerprint density at radius 2 is 2.08 bits per heavy atom. The highest BCUT2D eigenvalue weighted by Gasteiger charge is 2.22. The van der Waals surface area contributed by atoms with Crippen molar-refractivity contribution in [2.75, 3.05) is 0 Å². The van der Waals surface area contributed by atoms with Gasteiger partial charge in [0.25, 0.3) is 0 Å². The first-order chi connectivity index (χ1) is 6.09. The highest BCUT2D eigenvalue weighted by Crippen LogP contribution is 2.28. The second-order valence-electron chi connectivity index (χ2n) is 4.14. The summed E-state index contributed by atoms with van der Waals surface area (Å²) < 4.78 is 5.27. The summed E-state index contributed by atoms with van der Waals surface area (Å²) in [7, 11) is 0. The first kappa shape index (κ1) is 8.23. The van der Waals surface area contributed by atoms with Crippen molar-refractivity contribution in [1.82, 2.24) is 10.1 Å². The number of nitrogens with zero attached hydrogens (tertiary/aromatic N) is 2. The topological polar surface area (TPSA) is 38.9 Å². The maximum atomic E-state index is 5.27. The molecule has 0 aliphatic carbocycles. The number of hydrogen-bond donors (Lipinski definition) is 0. The Kier molecular flexibility index (Phi) is 1.62. The second-order valence-corrected chi connectivity index (χ2v) is 4.14. The second kappa shape index (κ2) is 2.55. The molecular weight excluding hydrogens is 164 g/mol. The minimum atomic E-state index is -0.0161. The Morgan fingerprint density at radius 3 is 2.77 bits per heavy atom. The van der Waals surface area contributed by atoms with Gasteiger partial charge in [0.2, 0.25) is 5.65 Å². The third kappa shape index (κ3) is 1.30. The summed E-state index contributed by atoms with van der Waals surface area (Å²) in [5, 5.41) is 4.91. The Morgan fingerprint density at radius 1 is 1.31 bits per heavy atom. The van der Waals surface area contributed by atoms with Crippen molar-refractivity contribution in [1.29, 1.82) is 0 Å². The fourth-order valence-electron chi connectivity index (χ4n) is 1.33. The zero-order valence-electron chi connectivity index (χ0n) is 8.03. The third-order valence-electron chi connectivity index (χ3n) is 1.94. The summed E-state index contributed by atoms with van der Waals surface area (Å²) in [6, 6.07) is 3.88. The molecule has 0 aromatic carbocycles. The Bertz CT molecular complexity index is 426. The fourth-order valence-corrected chi connectivity index (χ4v) is 1.33. The van der Waals surface area contributed by atoms with Gasteiger partial charge in [0.05, 0.1) is 5.39 Å². The van der Waals surface area contributed by atoms with Crippen LogP contribution < -0.4 is 0 Å².